The molecule has 0 amide bonds. The standard InChI is InChI=1S/C11H8BrN3O/c1-16-11-3-2-9(4-10(11)12)15-7-8(5-13)6-14/h2-4,7,15H,1H3. The molecule has 0 spiro atoms. The van der Waals surface area contributed by atoms with Crippen molar-refractivity contribution in [2.24, 2.45) is 0 Å². The lowest BCUT2D eigenvalue weighted by Crippen LogP contribution is -1.91. The van der Waals surface area contributed by atoms with Gasteiger partial charge in [0.05, 0.1) is 11.6 Å². The molecule has 0 aliphatic rings. The molecule has 4 nitrogen and oxygen atoms in total. The lowest BCUT2D eigenvalue weighted by atomic mass is 10.3. The Kier molecular flexibility index (Phi) is 4.38. The van der Waals surface area contributed by atoms with Crippen LogP contribution in [-0.2, 0) is 0 Å². The van der Waals surface area contributed by atoms with Crippen molar-refractivity contribution in [1.82, 2.24) is 0 Å². The van der Waals surface area contributed by atoms with Crippen molar-refractivity contribution in [2.45, 2.75) is 0 Å². The lowest BCUT2D eigenvalue weighted by molar-refractivity contribution is 0.412. The van der Waals surface area contributed by atoms with Gasteiger partial charge in [0.2, 0.25) is 0 Å². The van der Waals surface area contributed by atoms with Gasteiger partial charge in [-0.15, -0.1) is 0 Å². The fraction of sp³-hybridized carbons (Fsp3) is 0.0909. The molecule has 1 rings (SSSR count). The molecule has 80 valence electrons. The maximum absolute atomic E-state index is 8.53. The first kappa shape index (κ1) is 12.1. The number of benzene rings is 1. The zero-order valence-corrected chi connectivity index (χ0v) is 10.1. The molecule has 0 aromatic heterocycles. The number of hydrogen-bond donors (Lipinski definition) is 1. The van der Waals surface area contributed by atoms with Crippen LogP contribution in [0.1, 0.15) is 0 Å². The first-order valence-electron chi connectivity index (χ1n) is 4.31. The van der Waals surface area contributed by atoms with Gasteiger partial charge in [0.25, 0.3) is 0 Å². The minimum absolute atomic E-state index is 0.0203. The molecule has 1 aromatic carbocycles. The summed E-state index contributed by atoms with van der Waals surface area (Å²) in [5.41, 5.74) is 0.780. The molecule has 0 aliphatic heterocycles. The number of nitrogens with one attached hydrogen (secondary N) is 1. The van der Waals surface area contributed by atoms with Gasteiger partial charge in [0.1, 0.15) is 23.5 Å². The third-order valence-electron chi connectivity index (χ3n) is 1.78. The Bertz CT molecular complexity index is 481. The van der Waals surface area contributed by atoms with Gasteiger partial charge in [-0.2, -0.15) is 10.5 Å². The van der Waals surface area contributed by atoms with Crippen molar-refractivity contribution in [2.75, 3.05) is 12.4 Å². The number of anilines is 1. The van der Waals surface area contributed by atoms with Crippen molar-refractivity contribution in [1.29, 1.82) is 10.5 Å². The monoisotopic (exact) mass is 277 g/mol. The normalized spacial score (nSPS) is 8.50. The van der Waals surface area contributed by atoms with Crippen LogP contribution < -0.4 is 10.1 Å². The molecule has 1 N–H and O–H groups in total. The summed E-state index contributed by atoms with van der Waals surface area (Å²) < 4.78 is 5.87. The fourth-order valence-electron chi connectivity index (χ4n) is 1.00. The van der Waals surface area contributed by atoms with Crippen molar-refractivity contribution >= 4 is 21.6 Å². The topological polar surface area (TPSA) is 68.8 Å². The van der Waals surface area contributed by atoms with Gasteiger partial charge in [-0.05, 0) is 34.1 Å². The second-order valence-electron chi connectivity index (χ2n) is 2.78. The van der Waals surface area contributed by atoms with Gasteiger partial charge in [-0.3, -0.25) is 0 Å². The molecule has 0 aliphatic carbocycles. The zero-order valence-electron chi connectivity index (χ0n) is 8.49. The van der Waals surface area contributed by atoms with Crippen LogP contribution in [-0.4, -0.2) is 7.11 Å². The van der Waals surface area contributed by atoms with E-state index < -0.39 is 0 Å². The molecule has 0 bridgehead atoms. The van der Waals surface area contributed by atoms with E-state index in [0.29, 0.717) is 0 Å². The van der Waals surface area contributed by atoms with Crippen molar-refractivity contribution in [3.8, 4) is 17.9 Å². The summed E-state index contributed by atoms with van der Waals surface area (Å²) in [4.78, 5) is 0. The van der Waals surface area contributed by atoms with Crippen LogP contribution >= 0.6 is 15.9 Å². The largest absolute Gasteiger partial charge is 0.496 e. The lowest BCUT2D eigenvalue weighted by Gasteiger charge is -2.05. The van der Waals surface area contributed by atoms with Crippen LogP contribution in [0, 0.1) is 22.7 Å². The highest BCUT2D eigenvalue weighted by Gasteiger charge is 2.00. The maximum atomic E-state index is 8.53. The summed E-state index contributed by atoms with van der Waals surface area (Å²) in [7, 11) is 1.58. The Morgan fingerprint density at radius 1 is 1.44 bits per heavy atom. The molecular weight excluding hydrogens is 270 g/mol. The third-order valence-corrected chi connectivity index (χ3v) is 2.40. The predicted molar refractivity (Wildman–Crippen MR) is 63.6 cm³/mol. The average molecular weight is 278 g/mol. The Labute approximate surface area is 102 Å². The number of ether oxygens (including phenoxy) is 1. The number of nitriles is 2. The number of methoxy groups -OCH3 is 1. The van der Waals surface area contributed by atoms with Crippen molar-refractivity contribution < 1.29 is 4.74 Å². The van der Waals surface area contributed by atoms with Crippen molar-refractivity contribution in [3.63, 3.8) is 0 Å². The van der Waals surface area contributed by atoms with E-state index >= 15 is 0 Å². The average Bonchev–Trinajstić information content (AvgIpc) is 2.30. The third kappa shape index (κ3) is 3.01. The van der Waals surface area contributed by atoms with Crippen LogP contribution in [0.3, 0.4) is 0 Å². The van der Waals surface area contributed by atoms with E-state index in [2.05, 4.69) is 21.2 Å². The first-order valence-corrected chi connectivity index (χ1v) is 5.11. The molecule has 0 fully saturated rings. The second-order valence-corrected chi connectivity index (χ2v) is 3.63. The summed E-state index contributed by atoms with van der Waals surface area (Å²) in [6.45, 7) is 0. The van der Waals surface area contributed by atoms with Crippen LogP contribution in [0.25, 0.3) is 0 Å². The summed E-state index contributed by atoms with van der Waals surface area (Å²) in [5, 5.41) is 19.9. The molecular formula is C11H8BrN3O. The Balaban J connectivity index is 2.85. The van der Waals surface area contributed by atoms with E-state index in [9.17, 15) is 0 Å². The van der Waals surface area contributed by atoms with E-state index in [1.54, 1.807) is 37.4 Å². The summed E-state index contributed by atoms with van der Waals surface area (Å²) >= 11 is 3.33. The SMILES string of the molecule is COc1ccc(NC=C(C#N)C#N)cc1Br. The predicted octanol–water partition coefficient (Wildman–Crippen LogP) is 2.80. The van der Waals surface area contributed by atoms with E-state index in [-0.39, 0.29) is 5.57 Å². The van der Waals surface area contributed by atoms with Crippen LogP contribution in [0.15, 0.2) is 34.4 Å². The van der Waals surface area contributed by atoms with Gasteiger partial charge in [0, 0.05) is 11.9 Å². The molecule has 0 unspecified atom stereocenters. The smallest absolute Gasteiger partial charge is 0.145 e. The number of hydrogen-bond acceptors (Lipinski definition) is 4. The van der Waals surface area contributed by atoms with Crippen LogP contribution in [0.2, 0.25) is 0 Å². The number of nitrogens with zero attached hydrogens (tertiary/aromatic N) is 2. The van der Waals surface area contributed by atoms with Crippen LogP contribution in [0.5, 0.6) is 5.75 Å². The Morgan fingerprint density at radius 2 is 2.12 bits per heavy atom. The second kappa shape index (κ2) is 5.79. The van der Waals surface area contributed by atoms with E-state index in [0.717, 1.165) is 15.9 Å². The first-order chi connectivity index (χ1) is 7.71. The summed E-state index contributed by atoms with van der Waals surface area (Å²) in [5.74, 6) is 0.718. The Hall–Kier alpha value is -1.98. The molecule has 5 heteroatoms. The Morgan fingerprint density at radius 3 is 2.62 bits per heavy atom. The summed E-state index contributed by atoms with van der Waals surface area (Å²) in [6, 6.07) is 8.87. The molecule has 0 atom stereocenters. The van der Waals surface area contributed by atoms with E-state index in [4.69, 9.17) is 15.3 Å². The molecule has 0 heterocycles. The van der Waals surface area contributed by atoms with Gasteiger partial charge in [-0.1, -0.05) is 0 Å². The molecule has 0 saturated heterocycles. The number of rotatable bonds is 3. The molecule has 0 radical (unpaired) electrons. The molecule has 1 aromatic rings. The van der Waals surface area contributed by atoms with E-state index in [1.807, 2.05) is 0 Å². The van der Waals surface area contributed by atoms with Gasteiger partial charge >= 0.3 is 0 Å². The molecule has 0 saturated carbocycles. The van der Waals surface area contributed by atoms with Gasteiger partial charge < -0.3 is 10.1 Å². The highest BCUT2D eigenvalue weighted by atomic mass is 79.9. The maximum Gasteiger partial charge on any atom is 0.145 e. The zero-order chi connectivity index (χ0) is 12.0. The summed E-state index contributed by atoms with van der Waals surface area (Å²) in [6.07, 6.45) is 1.36. The highest BCUT2D eigenvalue weighted by Crippen LogP contribution is 2.27. The molecule has 16 heavy (non-hydrogen) atoms. The highest BCUT2D eigenvalue weighted by molar-refractivity contribution is 9.10. The fourth-order valence-corrected chi connectivity index (χ4v) is 1.54. The minimum Gasteiger partial charge on any atom is -0.496 e. The minimum atomic E-state index is 0.0203. The number of allylic oxidation sites excluding steroid dienone is 1. The van der Waals surface area contributed by atoms with Gasteiger partial charge in [0.15, 0.2) is 0 Å². The number of halogens is 1. The van der Waals surface area contributed by atoms with Gasteiger partial charge in [-0.25, -0.2) is 0 Å². The van der Waals surface area contributed by atoms with E-state index in [1.165, 1.54) is 6.20 Å². The quantitative estimate of drug-likeness (QED) is 0.863. The van der Waals surface area contributed by atoms with Crippen molar-refractivity contribution in [3.05, 3.63) is 34.4 Å². The van der Waals surface area contributed by atoms with Crippen LogP contribution in [0.4, 0.5) is 5.69 Å².